The summed E-state index contributed by atoms with van der Waals surface area (Å²) in [7, 11) is -3.39. The predicted molar refractivity (Wildman–Crippen MR) is 78.2 cm³/mol. The zero-order valence-corrected chi connectivity index (χ0v) is 13.6. The van der Waals surface area contributed by atoms with E-state index >= 15 is 0 Å². The van der Waals surface area contributed by atoms with E-state index in [1.165, 1.54) is 10.6 Å². The lowest BCUT2D eigenvalue weighted by molar-refractivity contribution is 0.0525. The zero-order chi connectivity index (χ0) is 16.1. The Hall–Kier alpha value is -1.54. The highest BCUT2D eigenvalue weighted by atomic mass is 32.2. The molecule has 120 valence electrons. The van der Waals surface area contributed by atoms with E-state index in [4.69, 9.17) is 9.15 Å². The van der Waals surface area contributed by atoms with Crippen molar-refractivity contribution in [1.82, 2.24) is 9.62 Å². The third-order valence-corrected chi connectivity index (χ3v) is 3.66. The quantitative estimate of drug-likeness (QED) is 0.860. The molecule has 0 saturated carbocycles. The largest absolute Gasteiger partial charge is 0.468 e. The second-order valence-corrected chi connectivity index (χ2v) is 7.59. The second kappa shape index (κ2) is 6.95. The second-order valence-electron chi connectivity index (χ2n) is 5.60. The number of amides is 1. The molecule has 0 bridgehead atoms. The molecule has 1 N–H and O–H groups in total. The first-order valence-corrected chi connectivity index (χ1v) is 8.37. The standard InChI is InChI=1S/C13H22N2O5S/c1-13(2,3)20-12(16)14-7-8-15(21(4,17)18)10-11-6-5-9-19-11/h5-6,9H,7-8,10H2,1-4H3,(H,14,16). The molecule has 0 saturated heterocycles. The molecule has 0 aliphatic rings. The van der Waals surface area contributed by atoms with Crippen molar-refractivity contribution in [2.45, 2.75) is 32.9 Å². The first-order chi connectivity index (χ1) is 9.58. The predicted octanol–water partition coefficient (Wildman–Crippen LogP) is 1.57. The monoisotopic (exact) mass is 318 g/mol. The number of hydrogen-bond donors (Lipinski definition) is 1. The lowest BCUT2D eigenvalue weighted by Crippen LogP contribution is -2.39. The topological polar surface area (TPSA) is 88.8 Å². The number of hydrogen-bond acceptors (Lipinski definition) is 5. The Bertz CT molecular complexity index is 546. The molecule has 1 aromatic heterocycles. The Kier molecular flexibility index (Phi) is 5.79. The van der Waals surface area contributed by atoms with Gasteiger partial charge >= 0.3 is 6.09 Å². The molecule has 1 heterocycles. The Morgan fingerprint density at radius 1 is 1.43 bits per heavy atom. The first-order valence-electron chi connectivity index (χ1n) is 6.52. The van der Waals surface area contributed by atoms with Gasteiger partial charge in [0.25, 0.3) is 0 Å². The van der Waals surface area contributed by atoms with Gasteiger partial charge in [-0.15, -0.1) is 0 Å². The van der Waals surface area contributed by atoms with Gasteiger partial charge in [0.1, 0.15) is 11.4 Å². The molecule has 8 heteroatoms. The lowest BCUT2D eigenvalue weighted by atomic mass is 10.2. The molecule has 0 atom stereocenters. The van der Waals surface area contributed by atoms with E-state index in [-0.39, 0.29) is 19.6 Å². The highest BCUT2D eigenvalue weighted by molar-refractivity contribution is 7.88. The lowest BCUT2D eigenvalue weighted by Gasteiger charge is -2.21. The number of alkyl carbamates (subject to hydrolysis) is 1. The molecule has 7 nitrogen and oxygen atoms in total. The number of rotatable bonds is 6. The van der Waals surface area contributed by atoms with E-state index in [0.29, 0.717) is 5.76 Å². The first kappa shape index (κ1) is 17.5. The van der Waals surface area contributed by atoms with Crippen LogP contribution in [0.2, 0.25) is 0 Å². The Labute approximate surface area is 125 Å². The summed E-state index contributed by atoms with van der Waals surface area (Å²) in [4.78, 5) is 11.5. The van der Waals surface area contributed by atoms with Crippen molar-refractivity contribution in [3.63, 3.8) is 0 Å². The number of carbonyl (C=O) groups is 1. The van der Waals surface area contributed by atoms with Crippen LogP contribution in [-0.2, 0) is 21.3 Å². The summed E-state index contributed by atoms with van der Waals surface area (Å²) in [5, 5.41) is 2.52. The average molecular weight is 318 g/mol. The molecule has 0 fully saturated rings. The Balaban J connectivity index is 2.50. The van der Waals surface area contributed by atoms with Crippen molar-refractivity contribution in [3.8, 4) is 0 Å². The molecule has 1 amide bonds. The van der Waals surface area contributed by atoms with Crippen molar-refractivity contribution in [2.24, 2.45) is 0 Å². The minimum atomic E-state index is -3.39. The van der Waals surface area contributed by atoms with Crippen LogP contribution < -0.4 is 5.32 Å². The van der Waals surface area contributed by atoms with Gasteiger partial charge in [0.2, 0.25) is 10.0 Å². The van der Waals surface area contributed by atoms with Crippen LogP contribution in [0, 0.1) is 0 Å². The summed E-state index contributed by atoms with van der Waals surface area (Å²) in [5.74, 6) is 0.540. The molecule has 0 aliphatic carbocycles. The van der Waals surface area contributed by atoms with Crippen LogP contribution in [0.3, 0.4) is 0 Å². The van der Waals surface area contributed by atoms with E-state index in [9.17, 15) is 13.2 Å². The van der Waals surface area contributed by atoms with Crippen molar-refractivity contribution >= 4 is 16.1 Å². The third kappa shape index (κ3) is 7.14. The SMILES string of the molecule is CC(C)(C)OC(=O)NCCN(Cc1ccco1)S(C)(=O)=O. The third-order valence-electron chi connectivity index (χ3n) is 2.41. The van der Waals surface area contributed by atoms with Gasteiger partial charge in [0.15, 0.2) is 0 Å². The molecular weight excluding hydrogens is 296 g/mol. The van der Waals surface area contributed by atoms with Gasteiger partial charge in [-0.05, 0) is 32.9 Å². The molecule has 0 radical (unpaired) electrons. The summed E-state index contributed by atoms with van der Waals surface area (Å²) in [5.41, 5.74) is -0.589. The summed E-state index contributed by atoms with van der Waals surface area (Å²) < 4.78 is 34.8. The molecule has 21 heavy (non-hydrogen) atoms. The van der Waals surface area contributed by atoms with Gasteiger partial charge in [-0.3, -0.25) is 0 Å². The van der Waals surface area contributed by atoms with E-state index in [1.807, 2.05) is 0 Å². The maximum absolute atomic E-state index is 11.7. The Morgan fingerprint density at radius 2 is 2.10 bits per heavy atom. The van der Waals surface area contributed by atoms with Crippen molar-refractivity contribution in [3.05, 3.63) is 24.2 Å². The van der Waals surface area contributed by atoms with Gasteiger partial charge in [-0.25, -0.2) is 13.2 Å². The maximum Gasteiger partial charge on any atom is 0.407 e. The van der Waals surface area contributed by atoms with Crippen molar-refractivity contribution in [2.75, 3.05) is 19.3 Å². The minimum Gasteiger partial charge on any atom is -0.468 e. The molecule has 0 aliphatic heterocycles. The van der Waals surface area contributed by atoms with Crippen LogP contribution in [0.15, 0.2) is 22.8 Å². The normalized spacial score (nSPS) is 12.4. The number of furan rings is 1. The van der Waals surface area contributed by atoms with Crippen LogP contribution in [0.25, 0.3) is 0 Å². The van der Waals surface area contributed by atoms with E-state index in [1.54, 1.807) is 32.9 Å². The van der Waals surface area contributed by atoms with E-state index < -0.39 is 21.7 Å². The molecule has 0 unspecified atom stereocenters. The summed E-state index contributed by atoms with van der Waals surface area (Å²) in [6.07, 6.45) is 2.02. The van der Waals surface area contributed by atoms with E-state index in [2.05, 4.69) is 5.32 Å². The molecular formula is C13H22N2O5S. The number of nitrogens with one attached hydrogen (secondary N) is 1. The highest BCUT2D eigenvalue weighted by Crippen LogP contribution is 2.09. The summed E-state index contributed by atoms with van der Waals surface area (Å²) >= 11 is 0. The summed E-state index contributed by atoms with van der Waals surface area (Å²) in [6.45, 7) is 5.69. The maximum atomic E-state index is 11.7. The molecule has 1 rings (SSSR count). The molecule has 0 aromatic carbocycles. The van der Waals surface area contributed by atoms with Crippen molar-refractivity contribution in [1.29, 1.82) is 0 Å². The fourth-order valence-corrected chi connectivity index (χ4v) is 2.32. The summed E-state index contributed by atoms with van der Waals surface area (Å²) in [6, 6.07) is 3.38. The van der Waals surface area contributed by atoms with Gasteiger partial charge in [0.05, 0.1) is 19.1 Å². The molecule has 0 spiro atoms. The van der Waals surface area contributed by atoms with Crippen LogP contribution in [0.5, 0.6) is 0 Å². The number of carbonyl (C=O) groups excluding carboxylic acids is 1. The van der Waals surface area contributed by atoms with E-state index in [0.717, 1.165) is 6.26 Å². The van der Waals surface area contributed by atoms with Crippen molar-refractivity contribution < 1.29 is 22.4 Å². The zero-order valence-electron chi connectivity index (χ0n) is 12.8. The number of nitrogens with zero attached hydrogens (tertiary/aromatic N) is 1. The average Bonchev–Trinajstić information content (AvgIpc) is 2.76. The smallest absolute Gasteiger partial charge is 0.407 e. The molecule has 1 aromatic rings. The number of sulfonamides is 1. The van der Waals surface area contributed by atoms with Gasteiger partial charge in [-0.1, -0.05) is 0 Å². The minimum absolute atomic E-state index is 0.127. The van der Waals surface area contributed by atoms with Gasteiger partial charge in [0, 0.05) is 13.1 Å². The van der Waals surface area contributed by atoms with Gasteiger partial charge < -0.3 is 14.5 Å². The number of ether oxygens (including phenoxy) is 1. The van der Waals surface area contributed by atoms with Crippen LogP contribution in [0.4, 0.5) is 4.79 Å². The van der Waals surface area contributed by atoms with Crippen LogP contribution in [0.1, 0.15) is 26.5 Å². The fourth-order valence-electron chi connectivity index (χ4n) is 1.54. The Morgan fingerprint density at radius 3 is 2.57 bits per heavy atom. The van der Waals surface area contributed by atoms with Crippen LogP contribution >= 0.6 is 0 Å². The fraction of sp³-hybridized carbons (Fsp3) is 0.615. The van der Waals surface area contributed by atoms with Crippen LogP contribution in [-0.4, -0.2) is 43.8 Å². The van der Waals surface area contributed by atoms with Gasteiger partial charge in [-0.2, -0.15) is 4.31 Å². The highest BCUT2D eigenvalue weighted by Gasteiger charge is 2.20.